The molecule has 4 heterocycles. The fourth-order valence-corrected chi connectivity index (χ4v) is 5.16. The van der Waals surface area contributed by atoms with Crippen LogP contribution in [0.4, 0.5) is 0 Å². The number of carbonyl (C=O) groups is 1. The van der Waals surface area contributed by atoms with Crippen molar-refractivity contribution >= 4 is 28.3 Å². The van der Waals surface area contributed by atoms with Gasteiger partial charge in [0.1, 0.15) is 0 Å². The molecule has 3 aromatic rings. The lowest BCUT2D eigenvalue weighted by molar-refractivity contribution is 0.0600. The summed E-state index contributed by atoms with van der Waals surface area (Å²) in [5.74, 6) is 0.138. The number of hydrogen-bond acceptors (Lipinski definition) is 4. The van der Waals surface area contributed by atoms with E-state index in [2.05, 4.69) is 26.3 Å². The summed E-state index contributed by atoms with van der Waals surface area (Å²) >= 11 is 1.89. The molecule has 1 amide bonds. The Labute approximate surface area is 156 Å². The van der Waals surface area contributed by atoms with Gasteiger partial charge in [0.15, 0.2) is 0 Å². The van der Waals surface area contributed by atoms with Crippen molar-refractivity contribution in [1.82, 2.24) is 19.8 Å². The summed E-state index contributed by atoms with van der Waals surface area (Å²) in [7, 11) is 0. The molecule has 0 atom stereocenters. The highest BCUT2D eigenvalue weighted by molar-refractivity contribution is 7.10. The van der Waals surface area contributed by atoms with Crippen LogP contribution in [0.2, 0.25) is 0 Å². The number of rotatable bonds is 2. The van der Waals surface area contributed by atoms with Gasteiger partial charge in [0.2, 0.25) is 0 Å². The molecule has 2 aliphatic rings. The third-order valence-corrected chi connectivity index (χ3v) is 6.80. The van der Waals surface area contributed by atoms with Crippen LogP contribution in [0.15, 0.2) is 36.0 Å². The van der Waals surface area contributed by atoms with E-state index < -0.39 is 0 Å². The Morgan fingerprint density at radius 3 is 2.96 bits per heavy atom. The van der Waals surface area contributed by atoms with Crippen LogP contribution in [0.3, 0.4) is 0 Å². The smallest absolute Gasteiger partial charge is 0.253 e. The van der Waals surface area contributed by atoms with Crippen molar-refractivity contribution in [3.8, 4) is 0 Å². The molecule has 1 fully saturated rings. The highest BCUT2D eigenvalue weighted by Gasteiger charge is 2.29. The second-order valence-corrected chi connectivity index (χ2v) is 8.25. The topological polar surface area (TPSA) is 52.2 Å². The number of nitrogens with zero attached hydrogens (tertiary/aromatic N) is 3. The van der Waals surface area contributed by atoms with Crippen LogP contribution in [0.25, 0.3) is 11.0 Å². The maximum Gasteiger partial charge on any atom is 0.253 e. The minimum atomic E-state index is 0.138. The number of carbonyl (C=O) groups excluding carboxylic acids is 1. The van der Waals surface area contributed by atoms with E-state index in [1.165, 1.54) is 12.0 Å². The molecule has 134 valence electrons. The number of aromatic nitrogens is 2. The summed E-state index contributed by atoms with van der Waals surface area (Å²) < 4.78 is 0. The van der Waals surface area contributed by atoms with Crippen LogP contribution in [0, 0.1) is 0 Å². The number of imidazole rings is 1. The standard InChI is InChI=1S/C20H22N4OS/c25-20(14-1-2-17-18(11-14)22-13-21-17)23-7-3-16(4-8-23)24-9-5-19-15(12-24)6-10-26-19/h1-2,6,10-11,13,16H,3-5,7-9,12H2,(H,21,22). The first-order chi connectivity index (χ1) is 12.8. The SMILES string of the molecule is O=C(c1ccc2nc[nH]c2c1)N1CCC(N2CCc3sccc3C2)CC1. The maximum atomic E-state index is 12.9. The van der Waals surface area contributed by atoms with Gasteiger partial charge in [-0.1, -0.05) is 0 Å². The van der Waals surface area contributed by atoms with Crippen molar-refractivity contribution in [1.29, 1.82) is 0 Å². The lowest BCUT2D eigenvalue weighted by atomic mass is 9.99. The zero-order valence-electron chi connectivity index (χ0n) is 14.6. The third kappa shape index (κ3) is 2.83. The molecule has 1 N–H and O–H groups in total. The second kappa shape index (κ2) is 6.52. The molecule has 0 radical (unpaired) electrons. The largest absolute Gasteiger partial charge is 0.345 e. The van der Waals surface area contributed by atoms with E-state index in [4.69, 9.17) is 0 Å². The van der Waals surface area contributed by atoms with E-state index >= 15 is 0 Å². The number of piperidine rings is 1. The van der Waals surface area contributed by atoms with E-state index in [1.54, 1.807) is 11.2 Å². The van der Waals surface area contributed by atoms with Gasteiger partial charge in [-0.3, -0.25) is 9.69 Å². The molecular formula is C20H22N4OS. The summed E-state index contributed by atoms with van der Waals surface area (Å²) in [4.78, 5) is 26.3. The number of amides is 1. The summed E-state index contributed by atoms with van der Waals surface area (Å²) in [6, 6.07) is 8.59. The van der Waals surface area contributed by atoms with Gasteiger partial charge in [0.25, 0.3) is 5.91 Å². The van der Waals surface area contributed by atoms with Gasteiger partial charge in [-0.25, -0.2) is 4.98 Å². The fraction of sp³-hybridized carbons (Fsp3) is 0.400. The number of benzene rings is 1. The summed E-state index contributed by atoms with van der Waals surface area (Å²) in [6.45, 7) is 3.92. The maximum absolute atomic E-state index is 12.9. The zero-order valence-corrected chi connectivity index (χ0v) is 15.5. The molecule has 5 rings (SSSR count). The number of likely N-dealkylation sites (tertiary alicyclic amines) is 1. The lowest BCUT2D eigenvalue weighted by Gasteiger charge is -2.40. The first-order valence-corrected chi connectivity index (χ1v) is 10.2. The van der Waals surface area contributed by atoms with E-state index in [0.717, 1.165) is 55.6 Å². The Balaban J connectivity index is 1.23. The van der Waals surface area contributed by atoms with E-state index in [0.29, 0.717) is 6.04 Å². The molecule has 26 heavy (non-hydrogen) atoms. The minimum absolute atomic E-state index is 0.138. The number of thiophene rings is 1. The molecule has 2 aromatic heterocycles. The van der Waals surface area contributed by atoms with Gasteiger partial charge in [0, 0.05) is 42.7 Å². The Kier molecular flexibility index (Phi) is 4.02. The zero-order chi connectivity index (χ0) is 17.5. The van der Waals surface area contributed by atoms with Crippen LogP contribution in [0.1, 0.15) is 33.6 Å². The van der Waals surface area contributed by atoms with Crippen molar-refractivity contribution < 1.29 is 4.79 Å². The summed E-state index contributed by atoms with van der Waals surface area (Å²) in [6.07, 6.45) is 4.98. The molecule has 1 saturated heterocycles. The summed E-state index contributed by atoms with van der Waals surface area (Å²) in [5, 5.41) is 2.21. The fourth-order valence-electron chi connectivity index (χ4n) is 4.27. The van der Waals surface area contributed by atoms with E-state index in [1.807, 2.05) is 34.4 Å². The number of hydrogen-bond donors (Lipinski definition) is 1. The third-order valence-electron chi connectivity index (χ3n) is 5.77. The van der Waals surface area contributed by atoms with Crippen LogP contribution in [-0.2, 0) is 13.0 Å². The molecule has 0 aliphatic carbocycles. The van der Waals surface area contributed by atoms with Crippen LogP contribution in [-0.4, -0.2) is 51.4 Å². The highest BCUT2D eigenvalue weighted by atomic mass is 32.1. The summed E-state index contributed by atoms with van der Waals surface area (Å²) in [5.41, 5.74) is 4.08. The van der Waals surface area contributed by atoms with Gasteiger partial charge < -0.3 is 9.88 Å². The minimum Gasteiger partial charge on any atom is -0.345 e. The number of fused-ring (bicyclic) bond motifs is 2. The molecule has 0 saturated carbocycles. The first-order valence-electron chi connectivity index (χ1n) is 9.29. The molecule has 5 nitrogen and oxygen atoms in total. The Morgan fingerprint density at radius 1 is 1.19 bits per heavy atom. The van der Waals surface area contributed by atoms with Crippen LogP contribution < -0.4 is 0 Å². The van der Waals surface area contributed by atoms with Crippen LogP contribution >= 0.6 is 11.3 Å². The van der Waals surface area contributed by atoms with E-state index in [-0.39, 0.29) is 5.91 Å². The predicted molar refractivity (Wildman–Crippen MR) is 103 cm³/mol. The highest BCUT2D eigenvalue weighted by Crippen LogP contribution is 2.28. The average Bonchev–Trinajstić information content (AvgIpc) is 3.35. The van der Waals surface area contributed by atoms with Gasteiger partial charge >= 0.3 is 0 Å². The van der Waals surface area contributed by atoms with Crippen molar-refractivity contribution in [2.75, 3.05) is 19.6 Å². The normalized spacial score (nSPS) is 19.0. The number of aromatic amines is 1. The molecule has 0 unspecified atom stereocenters. The Bertz CT molecular complexity index is 938. The van der Waals surface area contributed by atoms with Crippen molar-refractivity contribution in [3.05, 3.63) is 52.0 Å². The van der Waals surface area contributed by atoms with Crippen LogP contribution in [0.5, 0.6) is 0 Å². The van der Waals surface area contributed by atoms with Gasteiger partial charge in [-0.15, -0.1) is 11.3 Å². The quantitative estimate of drug-likeness (QED) is 0.757. The molecule has 0 bridgehead atoms. The molecule has 0 spiro atoms. The monoisotopic (exact) mass is 366 g/mol. The van der Waals surface area contributed by atoms with Gasteiger partial charge in [0.05, 0.1) is 17.4 Å². The average molecular weight is 366 g/mol. The molecular weight excluding hydrogens is 344 g/mol. The molecule has 2 aliphatic heterocycles. The second-order valence-electron chi connectivity index (χ2n) is 7.25. The number of H-pyrrole nitrogens is 1. The Hall–Kier alpha value is -2.18. The van der Waals surface area contributed by atoms with Gasteiger partial charge in [-0.05, 0) is 54.5 Å². The lowest BCUT2D eigenvalue weighted by Crippen LogP contribution is -2.47. The molecule has 1 aromatic carbocycles. The number of nitrogens with one attached hydrogen (secondary N) is 1. The van der Waals surface area contributed by atoms with E-state index in [9.17, 15) is 4.79 Å². The van der Waals surface area contributed by atoms with Crippen molar-refractivity contribution in [2.24, 2.45) is 0 Å². The Morgan fingerprint density at radius 2 is 2.08 bits per heavy atom. The van der Waals surface area contributed by atoms with Gasteiger partial charge in [-0.2, -0.15) is 0 Å². The van der Waals surface area contributed by atoms with Crippen molar-refractivity contribution in [3.63, 3.8) is 0 Å². The first kappa shape index (κ1) is 16.0. The molecule has 6 heteroatoms. The predicted octanol–water partition coefficient (Wildman–Crippen LogP) is 3.29. The van der Waals surface area contributed by atoms with Crippen molar-refractivity contribution in [2.45, 2.75) is 31.8 Å².